The van der Waals surface area contributed by atoms with Gasteiger partial charge in [-0.3, -0.25) is 4.98 Å². The number of hydrogen-bond donors (Lipinski definition) is 0. The summed E-state index contributed by atoms with van der Waals surface area (Å²) in [6.07, 6.45) is 6.93. The highest BCUT2D eigenvalue weighted by Crippen LogP contribution is 2.33. The molecule has 0 amide bonds. The first-order chi connectivity index (χ1) is 10.2. The minimum atomic E-state index is -3.27. The minimum Gasteiger partial charge on any atom is -0.493 e. The topological polar surface area (TPSA) is 56.3 Å². The highest BCUT2D eigenvalue weighted by molar-refractivity contribution is 7.94. The number of pyridine rings is 1. The van der Waals surface area contributed by atoms with Gasteiger partial charge in [0.2, 0.25) is 9.84 Å². The number of ether oxygens (including phenoxy) is 1. The van der Waals surface area contributed by atoms with Crippen LogP contribution in [0.1, 0.15) is 17.5 Å². The highest BCUT2D eigenvalue weighted by Gasteiger charge is 2.23. The predicted molar refractivity (Wildman–Crippen MR) is 80.7 cm³/mol. The first kappa shape index (κ1) is 13.8. The van der Waals surface area contributed by atoms with E-state index in [-0.39, 0.29) is 0 Å². The fraction of sp³-hybridized carbons (Fsp3) is 0.188. The molecule has 0 N–H and O–H groups in total. The summed E-state index contributed by atoms with van der Waals surface area (Å²) in [5.41, 5.74) is 1.82. The highest BCUT2D eigenvalue weighted by atomic mass is 32.2. The molecule has 1 aromatic carbocycles. The van der Waals surface area contributed by atoms with Crippen molar-refractivity contribution in [2.45, 2.75) is 17.7 Å². The van der Waals surface area contributed by atoms with Gasteiger partial charge in [0.05, 0.1) is 11.5 Å². The van der Waals surface area contributed by atoms with Crippen molar-refractivity contribution in [3.8, 4) is 5.75 Å². The van der Waals surface area contributed by atoms with Gasteiger partial charge < -0.3 is 4.74 Å². The van der Waals surface area contributed by atoms with Crippen LogP contribution in [0.5, 0.6) is 5.75 Å². The lowest BCUT2D eigenvalue weighted by atomic mass is 10.1. The van der Waals surface area contributed by atoms with E-state index in [0.29, 0.717) is 22.8 Å². The van der Waals surface area contributed by atoms with E-state index in [1.165, 1.54) is 11.0 Å². The van der Waals surface area contributed by atoms with Crippen LogP contribution in [0.25, 0.3) is 6.08 Å². The SMILES string of the molecule is O=S1(=O)C=Cc2c(OCCCc3cccnc3)cccc21. The smallest absolute Gasteiger partial charge is 0.200 e. The molecular weight excluding hydrogens is 286 g/mol. The molecule has 0 saturated carbocycles. The molecule has 4 nitrogen and oxygen atoms in total. The number of nitrogens with zero attached hydrogens (tertiary/aromatic N) is 1. The van der Waals surface area contributed by atoms with Gasteiger partial charge in [-0.2, -0.15) is 0 Å². The Balaban J connectivity index is 1.63. The Morgan fingerprint density at radius 2 is 2.05 bits per heavy atom. The number of rotatable bonds is 5. The molecule has 2 aromatic rings. The fourth-order valence-corrected chi connectivity index (χ4v) is 3.50. The summed E-state index contributed by atoms with van der Waals surface area (Å²) in [7, 11) is -3.27. The quantitative estimate of drug-likeness (QED) is 0.797. The largest absolute Gasteiger partial charge is 0.493 e. The lowest BCUT2D eigenvalue weighted by Crippen LogP contribution is -2.02. The van der Waals surface area contributed by atoms with Crippen LogP contribution in [0.4, 0.5) is 0 Å². The van der Waals surface area contributed by atoms with Gasteiger partial charge in [0.25, 0.3) is 0 Å². The normalized spacial score (nSPS) is 14.9. The Morgan fingerprint density at radius 1 is 1.14 bits per heavy atom. The van der Waals surface area contributed by atoms with Crippen LogP contribution < -0.4 is 4.74 Å². The maximum absolute atomic E-state index is 11.8. The second-order valence-corrected chi connectivity index (χ2v) is 6.63. The summed E-state index contributed by atoms with van der Waals surface area (Å²) < 4.78 is 29.3. The van der Waals surface area contributed by atoms with E-state index in [1.54, 1.807) is 30.5 Å². The Labute approximate surface area is 124 Å². The summed E-state index contributed by atoms with van der Waals surface area (Å²) in [6, 6.07) is 9.06. The molecule has 108 valence electrons. The van der Waals surface area contributed by atoms with Gasteiger partial charge in [0, 0.05) is 23.4 Å². The third kappa shape index (κ3) is 2.97. The molecule has 0 unspecified atom stereocenters. The lowest BCUT2D eigenvalue weighted by Gasteiger charge is -2.09. The average molecular weight is 301 g/mol. The van der Waals surface area contributed by atoms with Gasteiger partial charge in [-0.15, -0.1) is 0 Å². The summed E-state index contributed by atoms with van der Waals surface area (Å²) in [6.45, 7) is 0.541. The zero-order valence-corrected chi connectivity index (χ0v) is 12.2. The Bertz CT molecular complexity index is 767. The molecule has 0 spiro atoms. The zero-order valence-electron chi connectivity index (χ0n) is 11.4. The van der Waals surface area contributed by atoms with E-state index in [2.05, 4.69) is 4.98 Å². The Hall–Kier alpha value is -2.14. The van der Waals surface area contributed by atoms with Crippen LogP contribution in [0.3, 0.4) is 0 Å². The average Bonchev–Trinajstić information content (AvgIpc) is 2.81. The van der Waals surface area contributed by atoms with Crippen LogP contribution in [0.2, 0.25) is 0 Å². The molecule has 0 bridgehead atoms. The molecule has 1 aromatic heterocycles. The summed E-state index contributed by atoms with van der Waals surface area (Å²) in [5.74, 6) is 0.621. The van der Waals surface area contributed by atoms with Crippen molar-refractivity contribution < 1.29 is 13.2 Å². The van der Waals surface area contributed by atoms with Crippen molar-refractivity contribution in [3.63, 3.8) is 0 Å². The first-order valence-electron chi connectivity index (χ1n) is 6.75. The van der Waals surface area contributed by atoms with E-state index in [1.807, 2.05) is 18.3 Å². The van der Waals surface area contributed by atoms with Crippen LogP contribution in [-0.4, -0.2) is 20.0 Å². The molecule has 21 heavy (non-hydrogen) atoms. The summed E-state index contributed by atoms with van der Waals surface area (Å²) in [5, 5.41) is 1.22. The van der Waals surface area contributed by atoms with E-state index in [9.17, 15) is 8.42 Å². The summed E-state index contributed by atoms with van der Waals surface area (Å²) in [4.78, 5) is 4.39. The first-order valence-corrected chi connectivity index (χ1v) is 8.29. The van der Waals surface area contributed by atoms with Gasteiger partial charge in [-0.1, -0.05) is 12.1 Å². The van der Waals surface area contributed by atoms with Crippen molar-refractivity contribution in [3.05, 3.63) is 59.3 Å². The van der Waals surface area contributed by atoms with Crippen LogP contribution in [0, 0.1) is 0 Å². The second-order valence-electron chi connectivity index (χ2n) is 4.83. The van der Waals surface area contributed by atoms with Crippen LogP contribution >= 0.6 is 0 Å². The molecule has 1 aliphatic rings. The third-order valence-electron chi connectivity index (χ3n) is 3.34. The van der Waals surface area contributed by atoms with Gasteiger partial charge in [0.1, 0.15) is 5.75 Å². The van der Waals surface area contributed by atoms with Gasteiger partial charge in [0.15, 0.2) is 0 Å². The molecule has 3 rings (SSSR count). The molecule has 0 radical (unpaired) electrons. The second kappa shape index (κ2) is 5.69. The van der Waals surface area contributed by atoms with Crippen molar-refractivity contribution in [1.82, 2.24) is 4.98 Å². The summed E-state index contributed by atoms with van der Waals surface area (Å²) >= 11 is 0. The molecule has 0 saturated heterocycles. The molecule has 2 heterocycles. The lowest BCUT2D eigenvalue weighted by molar-refractivity contribution is 0.309. The van der Waals surface area contributed by atoms with Crippen molar-refractivity contribution in [2.75, 3.05) is 6.61 Å². The monoisotopic (exact) mass is 301 g/mol. The number of hydrogen-bond acceptors (Lipinski definition) is 4. The number of fused-ring (bicyclic) bond motifs is 1. The van der Waals surface area contributed by atoms with Crippen LogP contribution in [-0.2, 0) is 16.3 Å². The molecule has 5 heteroatoms. The molecule has 0 aliphatic carbocycles. The third-order valence-corrected chi connectivity index (χ3v) is 4.80. The van der Waals surface area contributed by atoms with Crippen molar-refractivity contribution >= 4 is 15.9 Å². The molecule has 1 aliphatic heterocycles. The number of benzene rings is 1. The van der Waals surface area contributed by atoms with Gasteiger partial charge in [-0.25, -0.2) is 8.42 Å². The minimum absolute atomic E-state index is 0.326. The number of aromatic nitrogens is 1. The standard InChI is InChI=1S/C16H15NO3S/c18-21(19)11-8-14-15(6-1-7-16(14)21)20-10-3-5-13-4-2-9-17-12-13/h1-2,4,6-9,11-12H,3,5,10H2. The van der Waals surface area contributed by atoms with E-state index >= 15 is 0 Å². The van der Waals surface area contributed by atoms with Gasteiger partial charge >= 0.3 is 0 Å². The van der Waals surface area contributed by atoms with Crippen molar-refractivity contribution in [2.24, 2.45) is 0 Å². The predicted octanol–water partition coefficient (Wildman–Crippen LogP) is 2.85. The molecule has 0 fully saturated rings. The van der Waals surface area contributed by atoms with E-state index in [4.69, 9.17) is 4.74 Å². The van der Waals surface area contributed by atoms with Crippen molar-refractivity contribution in [1.29, 1.82) is 0 Å². The van der Waals surface area contributed by atoms with Gasteiger partial charge in [-0.05, 0) is 42.7 Å². The number of aryl methyl sites for hydroxylation is 1. The Kier molecular flexibility index (Phi) is 3.75. The molecule has 0 atom stereocenters. The number of sulfone groups is 1. The van der Waals surface area contributed by atoms with E-state index < -0.39 is 9.84 Å². The van der Waals surface area contributed by atoms with E-state index in [0.717, 1.165) is 12.8 Å². The zero-order chi connectivity index (χ0) is 14.7. The maximum atomic E-state index is 11.8. The fourth-order valence-electron chi connectivity index (χ4n) is 2.30. The van der Waals surface area contributed by atoms with Crippen LogP contribution in [0.15, 0.2) is 53.0 Å². The Morgan fingerprint density at radius 3 is 2.86 bits per heavy atom. The maximum Gasteiger partial charge on any atom is 0.200 e. The molecular formula is C16H15NO3S.